The zero-order chi connectivity index (χ0) is 33.2. The second kappa shape index (κ2) is 14.0. The lowest BCUT2D eigenvalue weighted by molar-refractivity contribution is -0.139. The second-order valence-electron chi connectivity index (χ2n) is 13.3. The molecular formula is C34H41Cl2F2N3O4. The van der Waals surface area contributed by atoms with Gasteiger partial charge in [0, 0.05) is 42.4 Å². The molecule has 45 heavy (non-hydrogen) atoms. The van der Waals surface area contributed by atoms with Crippen molar-refractivity contribution in [3.63, 3.8) is 0 Å². The predicted molar refractivity (Wildman–Crippen MR) is 169 cm³/mol. The Morgan fingerprint density at radius 2 is 1.93 bits per heavy atom. The van der Waals surface area contributed by atoms with E-state index in [4.69, 9.17) is 32.7 Å². The summed E-state index contributed by atoms with van der Waals surface area (Å²) in [5.41, 5.74) is -2.13. The number of ketones is 1. The molecule has 2 N–H and O–H groups in total. The van der Waals surface area contributed by atoms with Crippen molar-refractivity contribution < 1.29 is 27.8 Å². The third-order valence-electron chi connectivity index (χ3n) is 8.93. The van der Waals surface area contributed by atoms with Gasteiger partial charge in [-0.2, -0.15) is 5.26 Å². The highest BCUT2D eigenvalue weighted by Gasteiger charge is 2.61. The average Bonchev–Trinajstić information content (AvgIpc) is 3.46. The maximum atomic E-state index is 15.9. The summed E-state index contributed by atoms with van der Waals surface area (Å²) in [5.74, 6) is -3.70. The molecule has 5 atom stereocenters. The summed E-state index contributed by atoms with van der Waals surface area (Å²) >= 11 is 12.4. The highest BCUT2D eigenvalue weighted by molar-refractivity contribution is 6.31. The summed E-state index contributed by atoms with van der Waals surface area (Å²) in [5, 5.41) is 17.3. The van der Waals surface area contributed by atoms with Gasteiger partial charge in [-0.05, 0) is 68.7 Å². The van der Waals surface area contributed by atoms with Gasteiger partial charge in [-0.15, -0.1) is 0 Å². The van der Waals surface area contributed by atoms with Gasteiger partial charge >= 0.3 is 0 Å². The smallest absolute Gasteiger partial charge is 0.216 e. The Morgan fingerprint density at radius 3 is 2.56 bits per heavy atom. The third kappa shape index (κ3) is 7.86. The van der Waals surface area contributed by atoms with E-state index in [1.807, 2.05) is 27.7 Å². The van der Waals surface area contributed by atoms with Crippen LogP contribution in [0.25, 0.3) is 0 Å². The zero-order valence-corrected chi connectivity index (χ0v) is 27.8. The molecule has 0 spiro atoms. The molecule has 2 aliphatic rings. The topological polar surface area (TPSA) is 100 Å². The lowest BCUT2D eigenvalue weighted by atomic mass is 9.62. The van der Waals surface area contributed by atoms with Crippen LogP contribution in [0, 0.1) is 28.4 Å². The Labute approximate surface area is 273 Å². The summed E-state index contributed by atoms with van der Waals surface area (Å²) in [6, 6.07) is 9.09. The van der Waals surface area contributed by atoms with Crippen molar-refractivity contribution in [2.75, 3.05) is 13.2 Å². The molecule has 244 valence electrons. The lowest BCUT2D eigenvalue weighted by Gasteiger charge is -2.38. The van der Waals surface area contributed by atoms with Crippen molar-refractivity contribution in [3.8, 4) is 6.07 Å². The van der Waals surface area contributed by atoms with Gasteiger partial charge in [0.05, 0.1) is 29.8 Å². The summed E-state index contributed by atoms with van der Waals surface area (Å²) in [4.78, 5) is 25.6. The van der Waals surface area contributed by atoms with E-state index in [1.165, 1.54) is 31.2 Å². The highest BCUT2D eigenvalue weighted by Crippen LogP contribution is 2.53. The standard InChI is InChI=1S/C34H41Cl2F2N3O4/c1-20(42)40-15-14-32(2,3)17-28-34(19-39,24-13-12-21(35)16-26(24)37)29(23-9-7-10-25(36)30(23)38)31(41-28)27(43)11-6-8-22-18-44-33(4,5)45-22/h7,9-10,12-13,16,22,28-29,31,41H,6,8,11,14-15,17-18H2,1-5H3,(H,40,42)/t22-,28-,29-,31-,34-/m0/s1. The van der Waals surface area contributed by atoms with Crippen LogP contribution in [-0.4, -0.2) is 48.8 Å². The lowest BCUT2D eigenvalue weighted by Crippen LogP contribution is -2.45. The normalized spacial score (nSPS) is 26.0. The van der Waals surface area contributed by atoms with Crippen LogP contribution >= 0.6 is 23.2 Å². The molecule has 0 aliphatic carbocycles. The van der Waals surface area contributed by atoms with E-state index in [2.05, 4.69) is 16.7 Å². The van der Waals surface area contributed by atoms with Crippen molar-refractivity contribution in [3.05, 3.63) is 69.2 Å². The van der Waals surface area contributed by atoms with Gasteiger partial charge in [0.25, 0.3) is 0 Å². The second-order valence-corrected chi connectivity index (χ2v) is 14.2. The molecule has 2 aromatic carbocycles. The van der Waals surface area contributed by atoms with Crippen LogP contribution in [0.5, 0.6) is 0 Å². The number of carbonyl (C=O) groups excluding carboxylic acids is 2. The number of nitrogens with one attached hydrogen (secondary N) is 2. The molecule has 7 nitrogen and oxygen atoms in total. The Balaban J connectivity index is 1.78. The van der Waals surface area contributed by atoms with E-state index >= 15 is 8.78 Å². The van der Waals surface area contributed by atoms with Crippen molar-refractivity contribution in [1.29, 1.82) is 5.26 Å². The number of benzene rings is 2. The molecule has 0 saturated carbocycles. The van der Waals surface area contributed by atoms with E-state index in [-0.39, 0.29) is 45.4 Å². The minimum Gasteiger partial charge on any atom is -0.356 e. The van der Waals surface area contributed by atoms with Crippen LogP contribution in [-0.2, 0) is 24.5 Å². The zero-order valence-electron chi connectivity index (χ0n) is 26.3. The number of carbonyl (C=O) groups is 2. The van der Waals surface area contributed by atoms with Crippen molar-refractivity contribution in [2.24, 2.45) is 5.41 Å². The molecule has 2 fully saturated rings. The Morgan fingerprint density at radius 1 is 1.20 bits per heavy atom. The van der Waals surface area contributed by atoms with Gasteiger partial charge in [-0.1, -0.05) is 55.2 Å². The van der Waals surface area contributed by atoms with Crippen molar-refractivity contribution in [2.45, 2.75) is 102 Å². The molecule has 0 aromatic heterocycles. The van der Waals surface area contributed by atoms with E-state index in [0.29, 0.717) is 38.8 Å². The maximum Gasteiger partial charge on any atom is 0.216 e. The molecule has 0 radical (unpaired) electrons. The molecule has 1 amide bonds. The number of halogens is 4. The van der Waals surface area contributed by atoms with Crippen LogP contribution in [0.3, 0.4) is 0 Å². The summed E-state index contributed by atoms with van der Waals surface area (Å²) in [7, 11) is 0. The fourth-order valence-corrected chi connectivity index (χ4v) is 7.13. The first kappa shape index (κ1) is 35.2. The molecule has 2 aromatic rings. The van der Waals surface area contributed by atoms with Gasteiger partial charge in [0.15, 0.2) is 5.79 Å². The number of nitrogens with zero attached hydrogens (tertiary/aromatic N) is 1. The number of hydrogen-bond donors (Lipinski definition) is 2. The van der Waals surface area contributed by atoms with Crippen molar-refractivity contribution >= 4 is 34.9 Å². The van der Waals surface area contributed by atoms with Gasteiger partial charge in [0.2, 0.25) is 5.91 Å². The highest BCUT2D eigenvalue weighted by atomic mass is 35.5. The van der Waals surface area contributed by atoms with E-state index in [9.17, 15) is 14.9 Å². The number of hydrogen-bond acceptors (Lipinski definition) is 6. The first-order valence-electron chi connectivity index (χ1n) is 15.3. The largest absolute Gasteiger partial charge is 0.356 e. The fourth-order valence-electron chi connectivity index (χ4n) is 6.79. The van der Waals surface area contributed by atoms with E-state index < -0.39 is 46.3 Å². The van der Waals surface area contributed by atoms with Crippen LogP contribution < -0.4 is 10.6 Å². The number of ether oxygens (including phenoxy) is 2. The fraction of sp³-hybridized carbons (Fsp3) is 0.559. The van der Waals surface area contributed by atoms with E-state index in [0.717, 1.165) is 6.07 Å². The number of rotatable bonds is 12. The SMILES string of the molecule is CC(=O)NCCC(C)(C)C[C@@H]1N[C@@H](C(=O)CCC[C@H]2COC(C)(C)O2)[C@H](c2cccc(Cl)c2F)[C@@]1(C#N)c1ccc(Cl)cc1F. The van der Waals surface area contributed by atoms with Crippen LogP contribution in [0.4, 0.5) is 8.78 Å². The molecule has 0 bridgehead atoms. The Bertz CT molecular complexity index is 1460. The molecule has 2 heterocycles. The third-order valence-corrected chi connectivity index (χ3v) is 9.46. The van der Waals surface area contributed by atoms with Gasteiger partial charge in [0.1, 0.15) is 22.8 Å². The first-order valence-corrected chi connectivity index (χ1v) is 16.0. The predicted octanol–water partition coefficient (Wildman–Crippen LogP) is 6.99. The minimum absolute atomic E-state index is 0.0166. The number of amides is 1. The molecule has 2 aliphatic heterocycles. The Kier molecular flexibility index (Phi) is 11.0. The molecule has 4 rings (SSSR count). The van der Waals surface area contributed by atoms with Gasteiger partial charge in [-0.25, -0.2) is 8.78 Å². The number of nitriles is 1. The van der Waals surface area contributed by atoms with Crippen LogP contribution in [0.15, 0.2) is 36.4 Å². The van der Waals surface area contributed by atoms with Crippen molar-refractivity contribution in [1.82, 2.24) is 10.6 Å². The maximum absolute atomic E-state index is 15.9. The monoisotopic (exact) mass is 663 g/mol. The van der Waals surface area contributed by atoms with E-state index in [1.54, 1.807) is 6.07 Å². The summed E-state index contributed by atoms with van der Waals surface area (Å²) in [6.07, 6.45) is 1.88. The summed E-state index contributed by atoms with van der Waals surface area (Å²) in [6.45, 7) is 9.87. The van der Waals surface area contributed by atoms with Crippen LogP contribution in [0.2, 0.25) is 10.0 Å². The average molecular weight is 665 g/mol. The first-order chi connectivity index (χ1) is 21.1. The molecule has 0 unspecified atom stereocenters. The molecule has 11 heteroatoms. The van der Waals surface area contributed by atoms with Gasteiger partial charge < -0.3 is 20.1 Å². The quantitative estimate of drug-likeness (QED) is 0.254. The number of Topliss-reactive ketones (excluding diaryl/α,β-unsaturated/α-hetero) is 1. The minimum atomic E-state index is -1.72. The van der Waals surface area contributed by atoms with Gasteiger partial charge in [-0.3, -0.25) is 9.59 Å². The molecular weight excluding hydrogens is 623 g/mol. The summed E-state index contributed by atoms with van der Waals surface area (Å²) < 4.78 is 43.4. The molecule has 2 saturated heterocycles. The van der Waals surface area contributed by atoms with Crippen LogP contribution in [0.1, 0.15) is 83.8 Å². The Hall–Kier alpha value is -2.61.